The molecule has 1 N–H and O–H groups in total. The van der Waals surface area contributed by atoms with Crippen LogP contribution in [0.2, 0.25) is 0 Å². The molecule has 0 amide bonds. The summed E-state index contributed by atoms with van der Waals surface area (Å²) in [4.78, 5) is 8.09. The van der Waals surface area contributed by atoms with Gasteiger partial charge in [-0.05, 0) is 17.7 Å². The number of hydrogen-bond acceptors (Lipinski definition) is 3. The molecule has 0 aromatic heterocycles. The van der Waals surface area contributed by atoms with Crippen molar-refractivity contribution in [3.05, 3.63) is 23.8 Å². The van der Waals surface area contributed by atoms with Crippen LogP contribution in [-0.2, 0) is 0 Å². The van der Waals surface area contributed by atoms with Crippen LogP contribution in [0.15, 0.2) is 33.8 Å². The lowest BCUT2D eigenvalue weighted by Gasteiger charge is -2.07. The van der Waals surface area contributed by atoms with Gasteiger partial charge in [-0.2, -0.15) is 0 Å². The van der Waals surface area contributed by atoms with Gasteiger partial charge in [0, 0.05) is 14.1 Å². The molecule has 0 unspecified atom stereocenters. The Bertz CT molecular complexity index is 285. The third kappa shape index (κ3) is 1.68. The second kappa shape index (κ2) is 3.97. The van der Waals surface area contributed by atoms with E-state index in [4.69, 9.17) is 5.11 Å². The fraction of sp³-hybridized carbons (Fsp3) is 0.333. The second-order valence-electron chi connectivity index (χ2n) is 2.43. The molecule has 0 spiro atoms. The first kappa shape index (κ1) is 8.87. The van der Waals surface area contributed by atoms with Crippen molar-refractivity contribution in [2.24, 2.45) is 9.98 Å². The minimum atomic E-state index is 0.0481. The van der Waals surface area contributed by atoms with Gasteiger partial charge in [-0.15, -0.1) is 0 Å². The highest BCUT2D eigenvalue weighted by Crippen LogP contribution is 2.05. The Kier molecular flexibility index (Phi) is 2.94. The normalized spacial score (nSPS) is 23.4. The van der Waals surface area contributed by atoms with E-state index in [1.165, 1.54) is 0 Å². The van der Waals surface area contributed by atoms with Crippen LogP contribution in [0.4, 0.5) is 0 Å². The number of rotatable bonds is 1. The third-order valence-electron chi connectivity index (χ3n) is 1.70. The summed E-state index contributed by atoms with van der Waals surface area (Å²) < 4.78 is 0. The minimum absolute atomic E-state index is 0.0481. The molecule has 12 heavy (non-hydrogen) atoms. The van der Waals surface area contributed by atoms with E-state index in [9.17, 15) is 0 Å². The highest BCUT2D eigenvalue weighted by molar-refractivity contribution is 6.51. The van der Waals surface area contributed by atoms with E-state index in [2.05, 4.69) is 9.98 Å². The molecule has 0 aliphatic heterocycles. The molecule has 0 saturated carbocycles. The average molecular weight is 164 g/mol. The monoisotopic (exact) mass is 164 g/mol. The van der Waals surface area contributed by atoms with Gasteiger partial charge in [0.05, 0.1) is 18.0 Å². The summed E-state index contributed by atoms with van der Waals surface area (Å²) in [6, 6.07) is 0. The summed E-state index contributed by atoms with van der Waals surface area (Å²) in [6.45, 7) is 0.0481. The number of aliphatic hydroxyl groups excluding tert-OH is 1. The first-order chi connectivity index (χ1) is 5.81. The van der Waals surface area contributed by atoms with Gasteiger partial charge < -0.3 is 5.11 Å². The Labute approximate surface area is 71.9 Å². The highest BCUT2D eigenvalue weighted by atomic mass is 16.3. The molecule has 0 aromatic rings. The van der Waals surface area contributed by atoms with E-state index in [1.807, 2.05) is 18.2 Å². The average Bonchev–Trinajstić information content (AvgIpc) is 2.16. The van der Waals surface area contributed by atoms with Crippen molar-refractivity contribution in [2.45, 2.75) is 0 Å². The minimum Gasteiger partial charge on any atom is -0.392 e. The van der Waals surface area contributed by atoms with Crippen molar-refractivity contribution in [3.63, 3.8) is 0 Å². The molecular formula is C9H12N2O. The molecule has 0 aromatic carbocycles. The van der Waals surface area contributed by atoms with Crippen LogP contribution in [0.25, 0.3) is 0 Å². The molecule has 0 bridgehead atoms. The molecule has 0 heterocycles. The standard InChI is InChI=1S/C9H12N2O/c1-10-8-4-3-7(6-12)5-9(8)11-2/h3-5,12H,6H2,1-2H3/b10-8-,11-9-. The molecule has 1 aliphatic carbocycles. The Morgan fingerprint density at radius 2 is 1.83 bits per heavy atom. The smallest absolute Gasteiger partial charge is 0.0826 e. The van der Waals surface area contributed by atoms with Crippen molar-refractivity contribution >= 4 is 11.4 Å². The Balaban J connectivity index is 2.98. The summed E-state index contributed by atoms with van der Waals surface area (Å²) in [7, 11) is 3.44. The largest absolute Gasteiger partial charge is 0.392 e. The van der Waals surface area contributed by atoms with Gasteiger partial charge in [0.25, 0.3) is 0 Å². The molecule has 3 nitrogen and oxygen atoms in total. The van der Waals surface area contributed by atoms with Gasteiger partial charge in [-0.1, -0.05) is 6.08 Å². The number of aliphatic hydroxyl groups is 1. The number of aliphatic imine (C=N–C) groups is 2. The van der Waals surface area contributed by atoms with E-state index >= 15 is 0 Å². The summed E-state index contributed by atoms with van der Waals surface area (Å²) in [5.41, 5.74) is 2.54. The van der Waals surface area contributed by atoms with Crippen LogP contribution in [-0.4, -0.2) is 37.2 Å². The SMILES string of the molecule is C/N=C1/C=CC(CO)=C/C1=N/C. The lowest BCUT2D eigenvalue weighted by atomic mass is 10.0. The molecule has 3 heteroatoms. The molecule has 0 radical (unpaired) electrons. The predicted molar refractivity (Wildman–Crippen MR) is 51.0 cm³/mol. The Hall–Kier alpha value is -1.22. The third-order valence-corrected chi connectivity index (χ3v) is 1.70. The first-order valence-corrected chi connectivity index (χ1v) is 3.75. The van der Waals surface area contributed by atoms with Crippen LogP contribution in [0.5, 0.6) is 0 Å². The Morgan fingerprint density at radius 1 is 1.17 bits per heavy atom. The molecule has 1 aliphatic rings. The Morgan fingerprint density at radius 3 is 2.33 bits per heavy atom. The molecule has 0 fully saturated rings. The van der Waals surface area contributed by atoms with E-state index in [-0.39, 0.29) is 6.61 Å². The van der Waals surface area contributed by atoms with Crippen molar-refractivity contribution in [3.8, 4) is 0 Å². The van der Waals surface area contributed by atoms with Crippen molar-refractivity contribution in [2.75, 3.05) is 20.7 Å². The maximum Gasteiger partial charge on any atom is 0.0826 e. The van der Waals surface area contributed by atoms with Crippen molar-refractivity contribution in [1.82, 2.24) is 0 Å². The zero-order valence-electron chi connectivity index (χ0n) is 7.28. The van der Waals surface area contributed by atoms with Crippen molar-refractivity contribution in [1.29, 1.82) is 0 Å². The summed E-state index contributed by atoms with van der Waals surface area (Å²) in [6.07, 6.45) is 5.53. The van der Waals surface area contributed by atoms with Gasteiger partial charge in [0.2, 0.25) is 0 Å². The lowest BCUT2D eigenvalue weighted by Crippen LogP contribution is -2.13. The summed E-state index contributed by atoms with van der Waals surface area (Å²) >= 11 is 0. The fourth-order valence-electron chi connectivity index (χ4n) is 1.04. The molecule has 1 rings (SSSR count). The van der Waals surface area contributed by atoms with Crippen LogP contribution >= 0.6 is 0 Å². The molecule has 0 saturated heterocycles. The molecular weight excluding hydrogens is 152 g/mol. The zero-order valence-corrected chi connectivity index (χ0v) is 7.28. The van der Waals surface area contributed by atoms with Crippen LogP contribution in [0.3, 0.4) is 0 Å². The van der Waals surface area contributed by atoms with Gasteiger partial charge in [0.15, 0.2) is 0 Å². The first-order valence-electron chi connectivity index (χ1n) is 3.75. The fourth-order valence-corrected chi connectivity index (χ4v) is 1.04. The van der Waals surface area contributed by atoms with Crippen LogP contribution < -0.4 is 0 Å². The predicted octanol–water partition coefficient (Wildman–Crippen LogP) is 0.617. The van der Waals surface area contributed by atoms with Gasteiger partial charge in [0.1, 0.15) is 0 Å². The van der Waals surface area contributed by atoms with Crippen LogP contribution in [0, 0.1) is 0 Å². The summed E-state index contributed by atoms with van der Waals surface area (Å²) in [5, 5.41) is 8.85. The second-order valence-corrected chi connectivity index (χ2v) is 2.43. The quantitative estimate of drug-likeness (QED) is 0.567. The highest BCUT2D eigenvalue weighted by Gasteiger charge is 2.07. The van der Waals surface area contributed by atoms with E-state index < -0.39 is 0 Å². The topological polar surface area (TPSA) is 45.0 Å². The number of nitrogens with zero attached hydrogens (tertiary/aromatic N) is 2. The number of allylic oxidation sites excluding steroid dienone is 2. The van der Waals surface area contributed by atoms with E-state index in [0.717, 1.165) is 17.0 Å². The number of hydrogen-bond donors (Lipinski definition) is 1. The van der Waals surface area contributed by atoms with Crippen molar-refractivity contribution < 1.29 is 5.11 Å². The van der Waals surface area contributed by atoms with E-state index in [1.54, 1.807) is 14.1 Å². The zero-order chi connectivity index (χ0) is 8.97. The van der Waals surface area contributed by atoms with Gasteiger partial charge in [-0.3, -0.25) is 9.98 Å². The van der Waals surface area contributed by atoms with E-state index in [0.29, 0.717) is 0 Å². The van der Waals surface area contributed by atoms with Crippen LogP contribution in [0.1, 0.15) is 0 Å². The maximum absolute atomic E-state index is 8.85. The lowest BCUT2D eigenvalue weighted by molar-refractivity contribution is 0.335. The maximum atomic E-state index is 8.85. The summed E-state index contributed by atoms with van der Waals surface area (Å²) in [5.74, 6) is 0. The van der Waals surface area contributed by atoms with Gasteiger partial charge >= 0.3 is 0 Å². The molecule has 0 atom stereocenters. The van der Waals surface area contributed by atoms with Gasteiger partial charge in [-0.25, -0.2) is 0 Å². The molecule has 64 valence electrons.